The van der Waals surface area contributed by atoms with Crippen molar-refractivity contribution in [2.45, 2.75) is 25.8 Å². The molecule has 1 aliphatic heterocycles. The molecular weight excluding hydrogens is 300 g/mol. The van der Waals surface area contributed by atoms with Crippen molar-refractivity contribution < 1.29 is 13.6 Å². The highest BCUT2D eigenvalue weighted by Gasteiger charge is 2.24. The molecule has 1 aromatic rings. The lowest BCUT2D eigenvalue weighted by atomic mass is 9.97. The molecule has 1 saturated heterocycles. The van der Waals surface area contributed by atoms with Crippen molar-refractivity contribution in [3.8, 4) is 0 Å². The number of rotatable bonds is 5. The SMILES string of the molecule is CC(C(=O)Nc1cc(F)ccc1F)N(C)CC1CCCN(C)C1. The number of nitrogens with one attached hydrogen (secondary N) is 1. The summed E-state index contributed by atoms with van der Waals surface area (Å²) in [6, 6.07) is 2.62. The molecule has 0 aliphatic carbocycles. The first kappa shape index (κ1) is 17.8. The topological polar surface area (TPSA) is 35.6 Å². The summed E-state index contributed by atoms with van der Waals surface area (Å²) in [5.41, 5.74) is -0.118. The standard InChI is InChI=1S/C17H25F2N3O/c1-12(22(3)11-13-5-4-8-21(2)10-13)17(23)20-16-9-14(18)6-7-15(16)19/h6-7,9,12-13H,4-5,8,10-11H2,1-3H3,(H,20,23). The van der Waals surface area contributed by atoms with Crippen LogP contribution >= 0.6 is 0 Å². The van der Waals surface area contributed by atoms with E-state index in [1.165, 1.54) is 6.42 Å². The fourth-order valence-electron chi connectivity index (χ4n) is 3.02. The average Bonchev–Trinajstić information content (AvgIpc) is 2.50. The molecule has 0 spiro atoms. The van der Waals surface area contributed by atoms with E-state index in [4.69, 9.17) is 0 Å². The normalized spacial score (nSPS) is 20.5. The lowest BCUT2D eigenvalue weighted by molar-refractivity contribution is -0.120. The van der Waals surface area contributed by atoms with Gasteiger partial charge in [0.05, 0.1) is 11.7 Å². The first-order valence-corrected chi connectivity index (χ1v) is 8.01. The van der Waals surface area contributed by atoms with Crippen LogP contribution in [0.25, 0.3) is 0 Å². The Bertz CT molecular complexity index is 553. The van der Waals surface area contributed by atoms with E-state index in [-0.39, 0.29) is 11.6 Å². The van der Waals surface area contributed by atoms with Gasteiger partial charge in [0.15, 0.2) is 0 Å². The van der Waals surface area contributed by atoms with Crippen molar-refractivity contribution in [3.05, 3.63) is 29.8 Å². The number of piperidine rings is 1. The summed E-state index contributed by atoms with van der Waals surface area (Å²) in [6.07, 6.45) is 2.33. The molecule has 0 radical (unpaired) electrons. The van der Waals surface area contributed by atoms with E-state index in [9.17, 15) is 13.6 Å². The lowest BCUT2D eigenvalue weighted by Crippen LogP contribution is -2.45. The van der Waals surface area contributed by atoms with Crippen molar-refractivity contribution >= 4 is 11.6 Å². The molecule has 0 bridgehead atoms. The zero-order valence-corrected chi connectivity index (χ0v) is 14.0. The van der Waals surface area contributed by atoms with Gasteiger partial charge in [0.2, 0.25) is 5.91 Å². The smallest absolute Gasteiger partial charge is 0.241 e. The highest BCUT2D eigenvalue weighted by molar-refractivity contribution is 5.94. The number of benzene rings is 1. The van der Waals surface area contributed by atoms with Crippen LogP contribution in [0, 0.1) is 17.6 Å². The summed E-state index contributed by atoms with van der Waals surface area (Å²) in [4.78, 5) is 16.5. The van der Waals surface area contributed by atoms with Gasteiger partial charge in [-0.2, -0.15) is 0 Å². The highest BCUT2D eigenvalue weighted by Crippen LogP contribution is 2.18. The van der Waals surface area contributed by atoms with Crippen LogP contribution in [0.1, 0.15) is 19.8 Å². The number of likely N-dealkylation sites (N-methyl/N-ethyl adjacent to an activating group) is 1. The Hall–Kier alpha value is -1.53. The number of carbonyl (C=O) groups is 1. The third kappa shape index (κ3) is 4.97. The summed E-state index contributed by atoms with van der Waals surface area (Å²) in [5, 5.41) is 2.47. The Morgan fingerprint density at radius 1 is 1.48 bits per heavy atom. The van der Waals surface area contributed by atoms with E-state index < -0.39 is 17.7 Å². The highest BCUT2D eigenvalue weighted by atomic mass is 19.1. The zero-order chi connectivity index (χ0) is 17.0. The Morgan fingerprint density at radius 2 is 2.22 bits per heavy atom. The molecule has 1 N–H and O–H groups in total. The van der Waals surface area contributed by atoms with Crippen molar-refractivity contribution in [1.82, 2.24) is 9.80 Å². The molecule has 6 heteroatoms. The number of nitrogens with zero attached hydrogens (tertiary/aromatic N) is 2. The van der Waals surface area contributed by atoms with Gasteiger partial charge in [-0.25, -0.2) is 8.78 Å². The van der Waals surface area contributed by atoms with Gasteiger partial charge in [-0.3, -0.25) is 9.69 Å². The molecule has 2 rings (SSSR count). The molecule has 1 aliphatic rings. The van der Waals surface area contributed by atoms with Crippen LogP contribution in [0.15, 0.2) is 18.2 Å². The lowest BCUT2D eigenvalue weighted by Gasteiger charge is -2.34. The number of anilines is 1. The molecule has 2 unspecified atom stereocenters. The molecule has 4 nitrogen and oxygen atoms in total. The maximum Gasteiger partial charge on any atom is 0.241 e. The van der Waals surface area contributed by atoms with Crippen molar-refractivity contribution in [3.63, 3.8) is 0 Å². The van der Waals surface area contributed by atoms with E-state index in [1.54, 1.807) is 6.92 Å². The summed E-state index contributed by atoms with van der Waals surface area (Å²) in [5.74, 6) is -1.02. The van der Waals surface area contributed by atoms with E-state index in [0.29, 0.717) is 5.92 Å². The van der Waals surface area contributed by atoms with Crippen LogP contribution in [0.4, 0.5) is 14.5 Å². The fraction of sp³-hybridized carbons (Fsp3) is 0.588. The Morgan fingerprint density at radius 3 is 2.91 bits per heavy atom. The van der Waals surface area contributed by atoms with Gasteiger partial charge in [0.25, 0.3) is 0 Å². The minimum atomic E-state index is -0.636. The average molecular weight is 325 g/mol. The Balaban J connectivity index is 1.91. The van der Waals surface area contributed by atoms with E-state index >= 15 is 0 Å². The summed E-state index contributed by atoms with van der Waals surface area (Å²) >= 11 is 0. The molecule has 1 fully saturated rings. The molecule has 0 aromatic heterocycles. The minimum absolute atomic E-state index is 0.118. The molecular formula is C17H25F2N3O. The minimum Gasteiger partial charge on any atom is -0.322 e. The second-order valence-electron chi connectivity index (χ2n) is 6.50. The van der Waals surface area contributed by atoms with Gasteiger partial charge >= 0.3 is 0 Å². The van der Waals surface area contributed by atoms with Gasteiger partial charge in [0, 0.05) is 19.2 Å². The van der Waals surface area contributed by atoms with Crippen molar-refractivity contribution in [1.29, 1.82) is 0 Å². The van der Waals surface area contributed by atoms with Crippen LogP contribution in [0.5, 0.6) is 0 Å². The van der Waals surface area contributed by atoms with E-state index in [0.717, 1.165) is 44.3 Å². The molecule has 1 amide bonds. The van der Waals surface area contributed by atoms with Crippen LogP contribution in [0.2, 0.25) is 0 Å². The largest absolute Gasteiger partial charge is 0.322 e. The molecule has 0 saturated carbocycles. The molecule has 23 heavy (non-hydrogen) atoms. The van der Waals surface area contributed by atoms with Crippen LogP contribution in [-0.2, 0) is 4.79 Å². The predicted octanol–water partition coefficient (Wildman–Crippen LogP) is 2.57. The second kappa shape index (κ2) is 7.84. The van der Waals surface area contributed by atoms with Gasteiger partial charge in [-0.15, -0.1) is 0 Å². The summed E-state index contributed by atoms with van der Waals surface area (Å²) in [6.45, 7) is 4.73. The first-order valence-electron chi connectivity index (χ1n) is 8.01. The van der Waals surface area contributed by atoms with Crippen LogP contribution in [0.3, 0.4) is 0 Å². The molecule has 128 valence electrons. The number of hydrogen-bond donors (Lipinski definition) is 1. The number of hydrogen-bond acceptors (Lipinski definition) is 3. The fourth-order valence-corrected chi connectivity index (χ4v) is 3.02. The van der Waals surface area contributed by atoms with Crippen molar-refractivity contribution in [2.24, 2.45) is 5.92 Å². The monoisotopic (exact) mass is 325 g/mol. The van der Waals surface area contributed by atoms with Gasteiger partial charge < -0.3 is 10.2 Å². The van der Waals surface area contributed by atoms with Gasteiger partial charge in [-0.05, 0) is 58.5 Å². The molecule has 2 atom stereocenters. The summed E-state index contributed by atoms with van der Waals surface area (Å²) in [7, 11) is 4.00. The van der Waals surface area contributed by atoms with Crippen LogP contribution < -0.4 is 5.32 Å². The Kier molecular flexibility index (Phi) is 6.07. The first-order chi connectivity index (χ1) is 10.9. The number of halogens is 2. The third-order valence-electron chi connectivity index (χ3n) is 4.50. The maximum atomic E-state index is 13.6. The van der Waals surface area contributed by atoms with Crippen LogP contribution in [-0.4, -0.2) is 55.5 Å². The molecule has 1 aromatic carbocycles. The Labute approximate surface area is 136 Å². The second-order valence-corrected chi connectivity index (χ2v) is 6.50. The number of amides is 1. The van der Waals surface area contributed by atoms with E-state index in [1.807, 2.05) is 11.9 Å². The van der Waals surface area contributed by atoms with Gasteiger partial charge in [-0.1, -0.05) is 0 Å². The van der Waals surface area contributed by atoms with E-state index in [2.05, 4.69) is 17.3 Å². The number of likely N-dealkylation sites (tertiary alicyclic amines) is 1. The van der Waals surface area contributed by atoms with Gasteiger partial charge in [0.1, 0.15) is 11.6 Å². The molecule has 1 heterocycles. The zero-order valence-electron chi connectivity index (χ0n) is 14.0. The maximum absolute atomic E-state index is 13.6. The van der Waals surface area contributed by atoms with Crippen molar-refractivity contribution in [2.75, 3.05) is 39.0 Å². The third-order valence-corrected chi connectivity index (χ3v) is 4.50. The predicted molar refractivity (Wildman–Crippen MR) is 87.3 cm³/mol. The number of carbonyl (C=O) groups excluding carboxylic acids is 1. The quantitative estimate of drug-likeness (QED) is 0.904. The summed E-state index contributed by atoms with van der Waals surface area (Å²) < 4.78 is 26.8.